The second-order valence-electron chi connectivity index (χ2n) is 6.83. The zero-order valence-electron chi connectivity index (χ0n) is 14.2. The molecule has 0 spiro atoms. The Morgan fingerprint density at radius 1 is 1.18 bits per heavy atom. The molecule has 0 aliphatic carbocycles. The molecule has 0 aromatic rings. The van der Waals surface area contributed by atoms with E-state index in [2.05, 4.69) is 15.5 Å². The van der Waals surface area contributed by atoms with Gasteiger partial charge in [-0.05, 0) is 64.8 Å². The highest BCUT2D eigenvalue weighted by Gasteiger charge is 2.39. The molecule has 1 amide bonds. The number of carbonyl (C=O) groups excluding carboxylic acids is 1. The first-order valence-corrected chi connectivity index (χ1v) is 8.97. The van der Waals surface area contributed by atoms with Crippen molar-refractivity contribution in [2.24, 2.45) is 5.41 Å². The predicted octanol–water partition coefficient (Wildman–Crippen LogP) is 1.38. The number of hydrogen-bond donors (Lipinski definition) is 2. The fourth-order valence-corrected chi connectivity index (χ4v) is 3.67. The number of nitrogens with one attached hydrogen (secondary N) is 2. The van der Waals surface area contributed by atoms with Crippen LogP contribution < -0.4 is 10.6 Å². The fraction of sp³-hybridized carbons (Fsp3) is 0.941. The lowest BCUT2D eigenvalue weighted by Crippen LogP contribution is -2.50. The molecule has 22 heavy (non-hydrogen) atoms. The van der Waals surface area contributed by atoms with Gasteiger partial charge in [0, 0.05) is 13.7 Å². The summed E-state index contributed by atoms with van der Waals surface area (Å²) in [7, 11) is 1.69. The third-order valence-corrected chi connectivity index (χ3v) is 5.10. The van der Waals surface area contributed by atoms with Crippen molar-refractivity contribution in [3.05, 3.63) is 0 Å². The second-order valence-corrected chi connectivity index (χ2v) is 6.83. The molecule has 0 aromatic carbocycles. The minimum absolute atomic E-state index is 0.187. The molecule has 2 aliphatic heterocycles. The Hall–Kier alpha value is -0.650. The number of carbonyl (C=O) groups is 1. The topological polar surface area (TPSA) is 53.6 Å². The molecule has 2 N–H and O–H groups in total. The van der Waals surface area contributed by atoms with Crippen LogP contribution in [-0.2, 0) is 9.53 Å². The summed E-state index contributed by atoms with van der Waals surface area (Å²) in [5.74, 6) is 0.187. The SMILES string of the molecule is COCC1(C(=O)NCCCN2CCCCCC2)CCNCC1. The number of methoxy groups -OCH3 is 1. The minimum atomic E-state index is -0.317. The van der Waals surface area contributed by atoms with Crippen LogP contribution in [0.4, 0.5) is 0 Å². The third-order valence-electron chi connectivity index (χ3n) is 5.10. The van der Waals surface area contributed by atoms with Crippen molar-refractivity contribution in [1.82, 2.24) is 15.5 Å². The molecule has 5 heteroatoms. The van der Waals surface area contributed by atoms with Crippen molar-refractivity contribution in [2.75, 3.05) is 53.0 Å². The van der Waals surface area contributed by atoms with Crippen molar-refractivity contribution < 1.29 is 9.53 Å². The smallest absolute Gasteiger partial charge is 0.228 e. The zero-order chi connectivity index (χ0) is 15.7. The Balaban J connectivity index is 1.69. The number of likely N-dealkylation sites (tertiary alicyclic amines) is 1. The maximum absolute atomic E-state index is 12.6. The first-order valence-electron chi connectivity index (χ1n) is 8.97. The Bertz CT molecular complexity index is 316. The fourth-order valence-electron chi connectivity index (χ4n) is 3.67. The summed E-state index contributed by atoms with van der Waals surface area (Å²) in [6, 6.07) is 0. The first kappa shape index (κ1) is 17.7. The molecule has 2 heterocycles. The van der Waals surface area contributed by atoms with Gasteiger partial charge in [0.2, 0.25) is 5.91 Å². The van der Waals surface area contributed by atoms with E-state index in [4.69, 9.17) is 4.74 Å². The van der Waals surface area contributed by atoms with Crippen LogP contribution in [0.25, 0.3) is 0 Å². The highest BCUT2D eigenvalue weighted by atomic mass is 16.5. The van der Waals surface area contributed by atoms with Crippen molar-refractivity contribution in [3.63, 3.8) is 0 Å². The number of ether oxygens (including phenoxy) is 1. The summed E-state index contributed by atoms with van der Waals surface area (Å²) in [4.78, 5) is 15.1. The van der Waals surface area contributed by atoms with E-state index in [1.54, 1.807) is 7.11 Å². The molecule has 0 radical (unpaired) electrons. The van der Waals surface area contributed by atoms with Crippen LogP contribution in [0, 0.1) is 5.41 Å². The van der Waals surface area contributed by atoms with E-state index in [-0.39, 0.29) is 11.3 Å². The normalized spacial score (nSPS) is 23.0. The number of piperidine rings is 1. The molecular weight excluding hydrogens is 278 g/mol. The molecule has 0 saturated carbocycles. The summed E-state index contributed by atoms with van der Waals surface area (Å²) < 4.78 is 5.32. The van der Waals surface area contributed by atoms with E-state index in [0.29, 0.717) is 6.61 Å². The van der Waals surface area contributed by atoms with Crippen LogP contribution in [0.15, 0.2) is 0 Å². The highest BCUT2D eigenvalue weighted by molar-refractivity contribution is 5.82. The van der Waals surface area contributed by atoms with Gasteiger partial charge >= 0.3 is 0 Å². The van der Waals surface area contributed by atoms with Gasteiger partial charge in [0.15, 0.2) is 0 Å². The number of nitrogens with zero attached hydrogens (tertiary/aromatic N) is 1. The van der Waals surface area contributed by atoms with Crippen LogP contribution in [0.5, 0.6) is 0 Å². The van der Waals surface area contributed by atoms with Gasteiger partial charge in [-0.15, -0.1) is 0 Å². The van der Waals surface area contributed by atoms with Gasteiger partial charge < -0.3 is 20.3 Å². The predicted molar refractivity (Wildman–Crippen MR) is 88.9 cm³/mol. The summed E-state index contributed by atoms with van der Waals surface area (Å²) in [6.07, 6.45) is 8.21. The van der Waals surface area contributed by atoms with Gasteiger partial charge in [0.25, 0.3) is 0 Å². The second kappa shape index (κ2) is 9.48. The Morgan fingerprint density at radius 2 is 1.86 bits per heavy atom. The summed E-state index contributed by atoms with van der Waals surface area (Å²) in [6.45, 7) is 6.70. The van der Waals surface area contributed by atoms with E-state index in [0.717, 1.165) is 45.4 Å². The standard InChI is InChI=1S/C17H33N3O2/c1-22-15-17(7-10-18-11-8-17)16(21)19-9-6-14-20-12-4-2-3-5-13-20/h18H,2-15H2,1H3,(H,19,21). The molecular formula is C17H33N3O2. The minimum Gasteiger partial charge on any atom is -0.384 e. The van der Waals surface area contributed by atoms with Gasteiger partial charge in [-0.25, -0.2) is 0 Å². The Kier molecular flexibility index (Phi) is 7.63. The Morgan fingerprint density at radius 3 is 2.50 bits per heavy atom. The molecule has 0 aromatic heterocycles. The zero-order valence-corrected chi connectivity index (χ0v) is 14.2. The van der Waals surface area contributed by atoms with Crippen LogP contribution in [0.1, 0.15) is 44.9 Å². The lowest BCUT2D eigenvalue weighted by molar-refractivity contribution is -0.136. The molecule has 2 fully saturated rings. The lowest BCUT2D eigenvalue weighted by Gasteiger charge is -2.35. The molecule has 0 atom stereocenters. The number of amides is 1. The van der Waals surface area contributed by atoms with E-state index >= 15 is 0 Å². The average molecular weight is 311 g/mol. The van der Waals surface area contributed by atoms with Gasteiger partial charge in [0.05, 0.1) is 12.0 Å². The monoisotopic (exact) mass is 311 g/mol. The molecule has 2 saturated heterocycles. The van der Waals surface area contributed by atoms with Crippen LogP contribution in [0.3, 0.4) is 0 Å². The van der Waals surface area contributed by atoms with Crippen LogP contribution in [-0.4, -0.2) is 63.8 Å². The summed E-state index contributed by atoms with van der Waals surface area (Å²) in [5, 5.41) is 6.49. The van der Waals surface area contributed by atoms with E-state index in [1.807, 2.05) is 0 Å². The van der Waals surface area contributed by atoms with Gasteiger partial charge in [0.1, 0.15) is 0 Å². The largest absolute Gasteiger partial charge is 0.384 e. The molecule has 128 valence electrons. The number of rotatable bonds is 7. The van der Waals surface area contributed by atoms with E-state index in [9.17, 15) is 4.79 Å². The maximum Gasteiger partial charge on any atom is 0.228 e. The van der Waals surface area contributed by atoms with E-state index in [1.165, 1.54) is 38.8 Å². The van der Waals surface area contributed by atoms with Crippen LogP contribution >= 0.6 is 0 Å². The summed E-state index contributed by atoms with van der Waals surface area (Å²) >= 11 is 0. The maximum atomic E-state index is 12.6. The van der Waals surface area contributed by atoms with Gasteiger partial charge in [-0.1, -0.05) is 12.8 Å². The van der Waals surface area contributed by atoms with Gasteiger partial charge in [-0.2, -0.15) is 0 Å². The third kappa shape index (κ3) is 5.21. The molecule has 5 nitrogen and oxygen atoms in total. The van der Waals surface area contributed by atoms with Crippen molar-refractivity contribution in [3.8, 4) is 0 Å². The van der Waals surface area contributed by atoms with Crippen molar-refractivity contribution >= 4 is 5.91 Å². The van der Waals surface area contributed by atoms with E-state index < -0.39 is 0 Å². The molecule has 2 rings (SSSR count). The van der Waals surface area contributed by atoms with Crippen molar-refractivity contribution in [1.29, 1.82) is 0 Å². The number of hydrogen-bond acceptors (Lipinski definition) is 4. The quantitative estimate of drug-likeness (QED) is 0.698. The average Bonchev–Trinajstić information content (AvgIpc) is 2.81. The first-order chi connectivity index (χ1) is 10.8. The summed E-state index contributed by atoms with van der Waals surface area (Å²) in [5.41, 5.74) is -0.317. The van der Waals surface area contributed by atoms with Crippen LogP contribution in [0.2, 0.25) is 0 Å². The highest BCUT2D eigenvalue weighted by Crippen LogP contribution is 2.29. The Labute approximate surface area is 135 Å². The molecule has 2 aliphatic rings. The van der Waals surface area contributed by atoms with Crippen molar-refractivity contribution in [2.45, 2.75) is 44.9 Å². The lowest BCUT2D eigenvalue weighted by atomic mass is 9.78. The molecule has 0 unspecified atom stereocenters. The van der Waals surface area contributed by atoms with Gasteiger partial charge in [-0.3, -0.25) is 4.79 Å². The molecule has 0 bridgehead atoms.